The van der Waals surface area contributed by atoms with E-state index in [-0.39, 0.29) is 0 Å². The van der Waals surface area contributed by atoms with Gasteiger partial charge in [0.15, 0.2) is 0 Å². The molecular weight excluding hydrogens is 210 g/mol. The van der Waals surface area contributed by atoms with Crippen LogP contribution in [0.2, 0.25) is 0 Å². The van der Waals surface area contributed by atoms with E-state index in [1.54, 1.807) is 0 Å². The molecule has 0 radical (unpaired) electrons. The fourth-order valence-corrected chi connectivity index (χ4v) is 3.76. The zero-order valence-corrected chi connectivity index (χ0v) is 11.1. The third-order valence-corrected chi connectivity index (χ3v) is 5.17. The quantitative estimate of drug-likeness (QED) is 0.685. The molecule has 0 bridgehead atoms. The van der Waals surface area contributed by atoms with Gasteiger partial charge in [-0.15, -0.1) is 0 Å². The van der Waals surface area contributed by atoms with Crippen molar-refractivity contribution in [2.45, 2.75) is 70.0 Å². The van der Waals surface area contributed by atoms with Gasteiger partial charge < -0.3 is 17.2 Å². The first kappa shape index (κ1) is 13.3. The lowest BCUT2D eigenvalue weighted by Crippen LogP contribution is -2.48. The Bertz CT molecular complexity index is 232. The summed E-state index contributed by atoms with van der Waals surface area (Å²) in [4.78, 5) is 0. The molecular formula is C14H29N3. The van der Waals surface area contributed by atoms with Crippen molar-refractivity contribution in [2.24, 2.45) is 35.0 Å². The van der Waals surface area contributed by atoms with Crippen LogP contribution in [0.1, 0.15) is 51.9 Å². The minimum Gasteiger partial charge on any atom is -0.327 e. The first-order valence-electron chi connectivity index (χ1n) is 7.34. The third kappa shape index (κ3) is 3.21. The number of hydrogen-bond donors (Lipinski definition) is 3. The molecule has 17 heavy (non-hydrogen) atoms. The molecule has 0 amide bonds. The Kier molecular flexibility index (Phi) is 4.45. The Hall–Kier alpha value is -0.120. The first-order chi connectivity index (χ1) is 8.08. The van der Waals surface area contributed by atoms with E-state index >= 15 is 0 Å². The predicted molar refractivity (Wildman–Crippen MR) is 72.4 cm³/mol. The lowest BCUT2D eigenvalue weighted by Gasteiger charge is -2.39. The monoisotopic (exact) mass is 239 g/mol. The molecule has 0 aromatic rings. The van der Waals surface area contributed by atoms with Gasteiger partial charge in [0.25, 0.3) is 0 Å². The summed E-state index contributed by atoms with van der Waals surface area (Å²) in [5.41, 5.74) is 18.6. The van der Waals surface area contributed by atoms with E-state index in [4.69, 9.17) is 17.2 Å². The molecule has 2 fully saturated rings. The number of rotatable bonds is 2. The van der Waals surface area contributed by atoms with Crippen molar-refractivity contribution in [1.29, 1.82) is 0 Å². The van der Waals surface area contributed by atoms with Crippen molar-refractivity contribution in [3.63, 3.8) is 0 Å². The second kappa shape index (κ2) is 5.68. The smallest absolute Gasteiger partial charge is 0.00819 e. The summed E-state index contributed by atoms with van der Waals surface area (Å²) in [7, 11) is 0. The Morgan fingerprint density at radius 1 is 0.882 bits per heavy atom. The fourth-order valence-electron chi connectivity index (χ4n) is 3.76. The van der Waals surface area contributed by atoms with E-state index in [0.717, 1.165) is 18.8 Å². The van der Waals surface area contributed by atoms with Gasteiger partial charge in [-0.2, -0.15) is 0 Å². The van der Waals surface area contributed by atoms with Crippen LogP contribution in [-0.2, 0) is 0 Å². The highest BCUT2D eigenvalue weighted by molar-refractivity contribution is 4.90. The van der Waals surface area contributed by atoms with Crippen LogP contribution < -0.4 is 17.2 Å². The molecule has 3 nitrogen and oxygen atoms in total. The molecule has 4 atom stereocenters. The summed E-state index contributed by atoms with van der Waals surface area (Å²) in [5, 5.41) is 0. The molecule has 100 valence electrons. The highest BCUT2D eigenvalue weighted by Gasteiger charge is 2.33. The highest BCUT2D eigenvalue weighted by atomic mass is 14.8. The van der Waals surface area contributed by atoms with Crippen LogP contribution in [0.5, 0.6) is 0 Å². The minimum atomic E-state index is 0.295. The largest absolute Gasteiger partial charge is 0.327 e. The van der Waals surface area contributed by atoms with Crippen molar-refractivity contribution < 1.29 is 0 Å². The van der Waals surface area contributed by atoms with Gasteiger partial charge >= 0.3 is 0 Å². The second-order valence-corrected chi connectivity index (χ2v) is 6.47. The summed E-state index contributed by atoms with van der Waals surface area (Å²) in [5.74, 6) is 1.91. The summed E-state index contributed by atoms with van der Waals surface area (Å²) < 4.78 is 0. The minimum absolute atomic E-state index is 0.295. The van der Waals surface area contributed by atoms with Crippen molar-refractivity contribution >= 4 is 0 Å². The maximum absolute atomic E-state index is 6.23. The molecule has 0 heterocycles. The van der Waals surface area contributed by atoms with E-state index in [2.05, 4.69) is 6.92 Å². The van der Waals surface area contributed by atoms with Gasteiger partial charge in [-0.1, -0.05) is 19.8 Å². The summed E-state index contributed by atoms with van der Waals surface area (Å²) in [6, 6.07) is 1.02. The van der Waals surface area contributed by atoms with Gasteiger partial charge in [0.2, 0.25) is 0 Å². The van der Waals surface area contributed by atoms with Gasteiger partial charge in [-0.3, -0.25) is 0 Å². The maximum Gasteiger partial charge on any atom is 0.00819 e. The lowest BCUT2D eigenvalue weighted by molar-refractivity contribution is 0.167. The SMILES string of the molecule is CC1C(N)CC(CC2CCCCC2N)CC1N. The van der Waals surface area contributed by atoms with Gasteiger partial charge in [0.05, 0.1) is 0 Å². The molecule has 0 spiro atoms. The van der Waals surface area contributed by atoms with E-state index in [0.29, 0.717) is 30.0 Å². The van der Waals surface area contributed by atoms with Crippen LogP contribution in [0.25, 0.3) is 0 Å². The normalized spacial score (nSPS) is 48.0. The summed E-state index contributed by atoms with van der Waals surface area (Å²) in [6.45, 7) is 2.19. The lowest BCUT2D eigenvalue weighted by atomic mass is 9.70. The van der Waals surface area contributed by atoms with Crippen molar-refractivity contribution in [3.05, 3.63) is 0 Å². The van der Waals surface area contributed by atoms with Crippen LogP contribution in [-0.4, -0.2) is 18.1 Å². The second-order valence-electron chi connectivity index (χ2n) is 6.47. The molecule has 4 unspecified atom stereocenters. The molecule has 6 N–H and O–H groups in total. The molecule has 3 heteroatoms. The van der Waals surface area contributed by atoms with E-state index in [1.807, 2.05) is 0 Å². The molecule has 2 rings (SSSR count). The third-order valence-electron chi connectivity index (χ3n) is 5.17. The molecule has 0 aromatic heterocycles. The zero-order chi connectivity index (χ0) is 12.4. The maximum atomic E-state index is 6.23. The van der Waals surface area contributed by atoms with E-state index in [1.165, 1.54) is 32.1 Å². The van der Waals surface area contributed by atoms with Gasteiger partial charge in [0, 0.05) is 18.1 Å². The van der Waals surface area contributed by atoms with Crippen LogP contribution in [0.15, 0.2) is 0 Å². The number of hydrogen-bond acceptors (Lipinski definition) is 3. The molecule has 2 aliphatic carbocycles. The molecule has 0 aliphatic heterocycles. The van der Waals surface area contributed by atoms with Crippen molar-refractivity contribution in [2.75, 3.05) is 0 Å². The Morgan fingerprint density at radius 3 is 2.06 bits per heavy atom. The van der Waals surface area contributed by atoms with Gasteiger partial charge in [-0.25, -0.2) is 0 Å². The van der Waals surface area contributed by atoms with Crippen LogP contribution in [0.4, 0.5) is 0 Å². The summed E-state index contributed by atoms with van der Waals surface area (Å²) in [6.07, 6.45) is 8.77. The molecule has 0 aromatic carbocycles. The highest BCUT2D eigenvalue weighted by Crippen LogP contribution is 2.35. The standard InChI is InChI=1S/C14H29N3/c1-9-13(16)7-10(8-14(9)17)6-11-4-2-3-5-12(11)15/h9-14H,2-8,15-17H2,1H3. The topological polar surface area (TPSA) is 78.1 Å². The zero-order valence-electron chi connectivity index (χ0n) is 11.1. The fraction of sp³-hybridized carbons (Fsp3) is 1.00. The Morgan fingerprint density at radius 2 is 1.47 bits per heavy atom. The van der Waals surface area contributed by atoms with Crippen molar-refractivity contribution in [3.8, 4) is 0 Å². The van der Waals surface area contributed by atoms with Gasteiger partial charge in [-0.05, 0) is 49.9 Å². The Balaban J connectivity index is 1.86. The van der Waals surface area contributed by atoms with Crippen LogP contribution >= 0.6 is 0 Å². The average molecular weight is 239 g/mol. The Labute approximate surface area is 105 Å². The molecule has 2 saturated carbocycles. The summed E-state index contributed by atoms with van der Waals surface area (Å²) >= 11 is 0. The van der Waals surface area contributed by atoms with Crippen molar-refractivity contribution in [1.82, 2.24) is 0 Å². The van der Waals surface area contributed by atoms with E-state index in [9.17, 15) is 0 Å². The predicted octanol–water partition coefficient (Wildman–Crippen LogP) is 1.59. The molecule has 0 saturated heterocycles. The number of nitrogens with two attached hydrogens (primary N) is 3. The van der Waals surface area contributed by atoms with E-state index < -0.39 is 0 Å². The van der Waals surface area contributed by atoms with Crippen LogP contribution in [0, 0.1) is 17.8 Å². The first-order valence-corrected chi connectivity index (χ1v) is 7.34. The average Bonchev–Trinajstić information content (AvgIpc) is 2.29. The van der Waals surface area contributed by atoms with Gasteiger partial charge in [0.1, 0.15) is 0 Å². The molecule has 2 aliphatic rings. The van der Waals surface area contributed by atoms with Crippen LogP contribution in [0.3, 0.4) is 0 Å².